The van der Waals surface area contributed by atoms with Gasteiger partial charge in [0.25, 0.3) is 0 Å². The number of hydrogen-bond donors (Lipinski definition) is 0. The summed E-state index contributed by atoms with van der Waals surface area (Å²) >= 11 is 0. The summed E-state index contributed by atoms with van der Waals surface area (Å²) in [5.41, 5.74) is -0.713. The van der Waals surface area contributed by atoms with Crippen molar-refractivity contribution < 1.29 is 13.2 Å². The number of aromatic nitrogens is 2. The van der Waals surface area contributed by atoms with Crippen molar-refractivity contribution in [3.63, 3.8) is 0 Å². The summed E-state index contributed by atoms with van der Waals surface area (Å²) in [6.45, 7) is 4.00. The van der Waals surface area contributed by atoms with E-state index in [0.29, 0.717) is 0 Å². The van der Waals surface area contributed by atoms with Crippen molar-refractivity contribution in [3.05, 3.63) is 18.0 Å². The van der Waals surface area contributed by atoms with Gasteiger partial charge < -0.3 is 0 Å². The van der Waals surface area contributed by atoms with E-state index >= 15 is 0 Å². The Labute approximate surface area is 69.0 Å². The Kier molecular flexibility index (Phi) is 3.79. The van der Waals surface area contributed by atoms with Crippen LogP contribution in [0.3, 0.4) is 0 Å². The van der Waals surface area contributed by atoms with Crippen LogP contribution in [-0.4, -0.2) is 9.78 Å². The van der Waals surface area contributed by atoms with Crippen LogP contribution in [0.25, 0.3) is 0 Å². The molecule has 2 nitrogen and oxygen atoms in total. The molecule has 0 aliphatic carbocycles. The van der Waals surface area contributed by atoms with E-state index in [1.54, 1.807) is 0 Å². The molecule has 5 heteroatoms. The number of hydrogen-bond acceptors (Lipinski definition) is 1. The summed E-state index contributed by atoms with van der Waals surface area (Å²) in [5, 5.41) is 3.38. The fraction of sp³-hybridized carbons (Fsp3) is 0.571. The van der Waals surface area contributed by atoms with Gasteiger partial charge in [0, 0.05) is 13.2 Å². The Morgan fingerprint density at radius 3 is 2.00 bits per heavy atom. The fourth-order valence-corrected chi connectivity index (χ4v) is 0.568. The van der Waals surface area contributed by atoms with Crippen molar-refractivity contribution in [1.29, 1.82) is 0 Å². The minimum atomic E-state index is -4.27. The van der Waals surface area contributed by atoms with Gasteiger partial charge in [-0.15, -0.1) is 0 Å². The van der Waals surface area contributed by atoms with Gasteiger partial charge >= 0.3 is 6.18 Å². The van der Waals surface area contributed by atoms with Crippen molar-refractivity contribution in [2.75, 3.05) is 0 Å². The molecule has 0 saturated heterocycles. The van der Waals surface area contributed by atoms with Crippen molar-refractivity contribution >= 4 is 0 Å². The molecule has 0 saturated carbocycles. The highest BCUT2D eigenvalue weighted by molar-refractivity contribution is 5.07. The van der Waals surface area contributed by atoms with Crippen LogP contribution in [0.1, 0.15) is 19.4 Å². The molecule has 0 amide bonds. The second kappa shape index (κ2) is 4.13. The van der Waals surface area contributed by atoms with E-state index in [0.717, 1.165) is 17.1 Å². The molecular weight excluding hydrogens is 169 g/mol. The van der Waals surface area contributed by atoms with Gasteiger partial charge in [0.15, 0.2) is 0 Å². The summed E-state index contributed by atoms with van der Waals surface area (Å²) in [7, 11) is 1.44. The van der Waals surface area contributed by atoms with Gasteiger partial charge in [0.1, 0.15) is 0 Å². The molecule has 1 aromatic heterocycles. The predicted octanol–water partition coefficient (Wildman–Crippen LogP) is 2.47. The number of rotatable bonds is 0. The van der Waals surface area contributed by atoms with Gasteiger partial charge in [0.2, 0.25) is 0 Å². The third-order valence-electron chi connectivity index (χ3n) is 1.03. The van der Waals surface area contributed by atoms with Gasteiger partial charge in [-0.25, -0.2) is 0 Å². The smallest absolute Gasteiger partial charge is 0.275 e. The first-order valence-corrected chi connectivity index (χ1v) is 3.56. The Balaban J connectivity index is 0.000000561. The van der Waals surface area contributed by atoms with Crippen LogP contribution < -0.4 is 0 Å². The minimum Gasteiger partial charge on any atom is -0.275 e. The van der Waals surface area contributed by atoms with E-state index in [9.17, 15) is 13.2 Å². The van der Waals surface area contributed by atoms with Crippen molar-refractivity contribution in [2.45, 2.75) is 20.0 Å². The van der Waals surface area contributed by atoms with Gasteiger partial charge in [-0.3, -0.25) is 4.68 Å². The average Bonchev–Trinajstić information content (AvgIpc) is 2.39. The first kappa shape index (κ1) is 11.0. The number of halogens is 3. The number of nitrogens with zero attached hydrogens (tertiary/aromatic N) is 2. The molecule has 70 valence electrons. The molecule has 0 atom stereocenters. The molecule has 1 heterocycles. The molecule has 0 bridgehead atoms. The summed E-state index contributed by atoms with van der Waals surface area (Å²) in [4.78, 5) is 0. The Hall–Kier alpha value is -1.00. The highest BCUT2D eigenvalue weighted by Gasteiger charge is 2.31. The normalized spacial score (nSPS) is 10.5. The second-order valence-corrected chi connectivity index (χ2v) is 1.90. The maximum absolute atomic E-state index is 11.7. The Morgan fingerprint density at radius 1 is 1.33 bits per heavy atom. The summed E-state index contributed by atoms with van der Waals surface area (Å²) in [6.07, 6.45) is -2.55. The molecule has 12 heavy (non-hydrogen) atoms. The highest BCUT2D eigenvalue weighted by atomic mass is 19.4. The minimum absolute atomic E-state index is 0.713. The van der Waals surface area contributed by atoms with Crippen LogP contribution in [0.2, 0.25) is 0 Å². The standard InChI is InChI=1S/C5H5F3N2.C2H6/c1-10-3-4(2-9-10)5(6,7)8;1-2/h2-3H,1H3;1-2H3. The Morgan fingerprint density at radius 2 is 1.83 bits per heavy atom. The molecule has 0 spiro atoms. The molecule has 0 aromatic carbocycles. The van der Waals surface area contributed by atoms with Gasteiger partial charge in [-0.1, -0.05) is 13.8 Å². The maximum atomic E-state index is 11.7. The van der Waals surface area contributed by atoms with E-state index in [-0.39, 0.29) is 0 Å². The quantitative estimate of drug-likeness (QED) is 0.599. The van der Waals surface area contributed by atoms with Crippen LogP contribution in [0, 0.1) is 0 Å². The van der Waals surface area contributed by atoms with E-state index in [1.807, 2.05) is 13.8 Å². The Bertz CT molecular complexity index is 227. The SMILES string of the molecule is CC.Cn1cc(C(F)(F)F)cn1. The van der Waals surface area contributed by atoms with E-state index in [2.05, 4.69) is 5.10 Å². The number of aryl methyl sites for hydroxylation is 1. The highest BCUT2D eigenvalue weighted by Crippen LogP contribution is 2.27. The monoisotopic (exact) mass is 180 g/mol. The molecule has 0 unspecified atom stereocenters. The molecular formula is C7H11F3N2. The predicted molar refractivity (Wildman–Crippen MR) is 39.6 cm³/mol. The fourth-order valence-electron chi connectivity index (χ4n) is 0.568. The van der Waals surface area contributed by atoms with E-state index in [4.69, 9.17) is 0 Å². The van der Waals surface area contributed by atoms with Crippen LogP contribution in [0.5, 0.6) is 0 Å². The third kappa shape index (κ3) is 2.94. The molecule has 0 aliphatic rings. The second-order valence-electron chi connectivity index (χ2n) is 1.90. The zero-order valence-electron chi connectivity index (χ0n) is 7.18. The topological polar surface area (TPSA) is 17.8 Å². The molecule has 1 rings (SSSR count). The van der Waals surface area contributed by atoms with Crippen molar-refractivity contribution in [2.24, 2.45) is 7.05 Å². The lowest BCUT2D eigenvalue weighted by molar-refractivity contribution is -0.137. The molecule has 0 aliphatic heterocycles. The molecule has 0 fully saturated rings. The summed E-state index contributed by atoms with van der Waals surface area (Å²) in [5.74, 6) is 0. The van der Waals surface area contributed by atoms with Crippen molar-refractivity contribution in [3.8, 4) is 0 Å². The van der Waals surface area contributed by atoms with E-state index in [1.165, 1.54) is 7.05 Å². The average molecular weight is 180 g/mol. The largest absolute Gasteiger partial charge is 0.419 e. The molecule has 0 radical (unpaired) electrons. The lowest BCUT2D eigenvalue weighted by Crippen LogP contribution is -2.02. The number of alkyl halides is 3. The lowest BCUT2D eigenvalue weighted by atomic mass is 10.4. The van der Waals surface area contributed by atoms with Crippen LogP contribution in [0.15, 0.2) is 12.4 Å². The summed E-state index contributed by atoms with van der Waals surface area (Å²) < 4.78 is 36.4. The van der Waals surface area contributed by atoms with Crippen molar-refractivity contribution in [1.82, 2.24) is 9.78 Å². The first-order chi connectivity index (χ1) is 5.50. The van der Waals surface area contributed by atoms with Gasteiger partial charge in [0.05, 0.1) is 11.8 Å². The zero-order valence-corrected chi connectivity index (χ0v) is 7.18. The van der Waals surface area contributed by atoms with Crippen LogP contribution >= 0.6 is 0 Å². The van der Waals surface area contributed by atoms with E-state index < -0.39 is 11.7 Å². The van der Waals surface area contributed by atoms with Crippen LogP contribution in [-0.2, 0) is 13.2 Å². The zero-order chi connectivity index (χ0) is 9.78. The molecule has 0 N–H and O–H groups in total. The maximum Gasteiger partial charge on any atom is 0.419 e. The molecule has 1 aromatic rings. The van der Waals surface area contributed by atoms with Gasteiger partial charge in [-0.2, -0.15) is 18.3 Å². The van der Waals surface area contributed by atoms with Crippen LogP contribution in [0.4, 0.5) is 13.2 Å². The first-order valence-electron chi connectivity index (χ1n) is 3.56. The lowest BCUT2D eigenvalue weighted by Gasteiger charge is -1.99. The van der Waals surface area contributed by atoms with Gasteiger partial charge in [-0.05, 0) is 0 Å². The third-order valence-corrected chi connectivity index (χ3v) is 1.03. The summed E-state index contributed by atoms with van der Waals surface area (Å²) in [6, 6.07) is 0.